The molecule has 0 aliphatic carbocycles. The van der Waals surface area contributed by atoms with Gasteiger partial charge in [0.25, 0.3) is 0 Å². The molecule has 0 saturated carbocycles. The smallest absolute Gasteiger partial charge is 0.0928 e. The first-order chi connectivity index (χ1) is 7.67. The van der Waals surface area contributed by atoms with Gasteiger partial charge in [-0.2, -0.15) is 5.10 Å². The van der Waals surface area contributed by atoms with Gasteiger partial charge in [-0.3, -0.25) is 4.68 Å². The Morgan fingerprint density at radius 2 is 1.94 bits per heavy atom. The van der Waals surface area contributed by atoms with E-state index < -0.39 is 0 Å². The highest BCUT2D eigenvalue weighted by Gasteiger charge is 2.10. The zero-order valence-electron chi connectivity index (χ0n) is 10.6. The van der Waals surface area contributed by atoms with Gasteiger partial charge in [0.2, 0.25) is 0 Å². The molecule has 0 N–H and O–H groups in total. The van der Waals surface area contributed by atoms with E-state index in [9.17, 15) is 0 Å². The Morgan fingerprint density at radius 1 is 1.25 bits per heavy atom. The van der Waals surface area contributed by atoms with E-state index in [-0.39, 0.29) is 0 Å². The van der Waals surface area contributed by atoms with Gasteiger partial charge in [-0.05, 0) is 37.3 Å². The molecule has 2 rings (SSSR count). The highest BCUT2D eigenvalue weighted by atomic mass is 15.3. The van der Waals surface area contributed by atoms with Crippen molar-refractivity contribution in [2.45, 2.75) is 39.5 Å². The summed E-state index contributed by atoms with van der Waals surface area (Å²) < 4.78 is 1.96. The van der Waals surface area contributed by atoms with Gasteiger partial charge in [0.1, 0.15) is 0 Å². The molecule has 2 nitrogen and oxygen atoms in total. The largest absolute Gasteiger partial charge is 0.272 e. The van der Waals surface area contributed by atoms with Gasteiger partial charge in [-0.15, -0.1) is 0 Å². The molecule has 0 spiro atoms. The molecule has 0 amide bonds. The summed E-state index contributed by atoms with van der Waals surface area (Å²) >= 11 is 0. The summed E-state index contributed by atoms with van der Waals surface area (Å²) in [6, 6.07) is 6.72. The molecule has 0 radical (unpaired) electrons. The number of rotatable bonds is 3. The minimum atomic E-state index is 0.673. The highest BCUT2D eigenvalue weighted by Crippen LogP contribution is 2.27. The second-order valence-electron chi connectivity index (χ2n) is 4.50. The molecule has 16 heavy (non-hydrogen) atoms. The van der Waals surface area contributed by atoms with Crippen LogP contribution in [0.3, 0.4) is 0 Å². The van der Waals surface area contributed by atoms with E-state index in [0.717, 1.165) is 5.52 Å². The third-order valence-electron chi connectivity index (χ3n) is 3.61. The van der Waals surface area contributed by atoms with Gasteiger partial charge < -0.3 is 0 Å². The number of nitrogens with zero attached hydrogens (tertiary/aromatic N) is 2. The number of fused-ring (bicyclic) bond motifs is 1. The van der Waals surface area contributed by atoms with Crippen LogP contribution in [0.4, 0.5) is 0 Å². The lowest BCUT2D eigenvalue weighted by Crippen LogP contribution is -1.94. The monoisotopic (exact) mass is 216 g/mol. The molecule has 2 aromatic rings. The van der Waals surface area contributed by atoms with Crippen molar-refractivity contribution < 1.29 is 0 Å². The van der Waals surface area contributed by atoms with Gasteiger partial charge in [-0.25, -0.2) is 0 Å². The van der Waals surface area contributed by atoms with Crippen molar-refractivity contribution in [3.8, 4) is 0 Å². The van der Waals surface area contributed by atoms with Crippen molar-refractivity contribution >= 4 is 10.9 Å². The zero-order valence-corrected chi connectivity index (χ0v) is 10.6. The van der Waals surface area contributed by atoms with Gasteiger partial charge in [0, 0.05) is 18.1 Å². The van der Waals surface area contributed by atoms with Crippen LogP contribution in [0.1, 0.15) is 43.9 Å². The SMILES string of the molecule is CCC(CC)c1ccc2c(C)n(C)nc2c1. The lowest BCUT2D eigenvalue weighted by Gasteiger charge is -2.12. The molecule has 0 saturated heterocycles. The van der Waals surface area contributed by atoms with Gasteiger partial charge in [0.05, 0.1) is 5.52 Å². The molecule has 1 heterocycles. The van der Waals surface area contributed by atoms with Crippen molar-refractivity contribution in [3.05, 3.63) is 29.5 Å². The summed E-state index contributed by atoms with van der Waals surface area (Å²) in [7, 11) is 2.01. The molecule has 0 fully saturated rings. The predicted octanol–water partition coefficient (Wildman–Crippen LogP) is 3.79. The van der Waals surface area contributed by atoms with E-state index in [1.54, 1.807) is 0 Å². The molecule has 0 bridgehead atoms. The molecule has 86 valence electrons. The van der Waals surface area contributed by atoms with E-state index >= 15 is 0 Å². The van der Waals surface area contributed by atoms with Crippen molar-refractivity contribution in [3.63, 3.8) is 0 Å². The fourth-order valence-corrected chi connectivity index (χ4v) is 2.36. The van der Waals surface area contributed by atoms with Crippen LogP contribution in [-0.4, -0.2) is 9.78 Å². The fourth-order valence-electron chi connectivity index (χ4n) is 2.36. The molecule has 0 aliphatic heterocycles. The van der Waals surface area contributed by atoms with Gasteiger partial charge in [0.15, 0.2) is 0 Å². The standard InChI is InChI=1S/C14H20N2/c1-5-11(6-2)12-7-8-13-10(3)16(4)15-14(13)9-12/h7-9,11H,5-6H2,1-4H3. The number of benzene rings is 1. The average Bonchev–Trinajstić information content (AvgIpc) is 2.56. The summed E-state index contributed by atoms with van der Waals surface area (Å²) in [5.41, 5.74) is 3.80. The Bertz CT molecular complexity index is 493. The fraction of sp³-hybridized carbons (Fsp3) is 0.500. The van der Waals surface area contributed by atoms with Crippen LogP contribution in [-0.2, 0) is 7.05 Å². The Labute approximate surface area is 97.3 Å². The second kappa shape index (κ2) is 4.28. The van der Waals surface area contributed by atoms with Crippen LogP contribution in [0.15, 0.2) is 18.2 Å². The first-order valence-corrected chi connectivity index (χ1v) is 6.10. The van der Waals surface area contributed by atoms with E-state index in [1.165, 1.54) is 29.5 Å². The Balaban J connectivity index is 2.52. The van der Waals surface area contributed by atoms with Crippen LogP contribution in [0.25, 0.3) is 10.9 Å². The summed E-state index contributed by atoms with van der Waals surface area (Å²) in [5, 5.41) is 5.82. The first-order valence-electron chi connectivity index (χ1n) is 6.10. The summed E-state index contributed by atoms with van der Waals surface area (Å²) in [4.78, 5) is 0. The highest BCUT2D eigenvalue weighted by molar-refractivity contribution is 5.82. The molecule has 2 heteroatoms. The van der Waals surface area contributed by atoms with Crippen LogP contribution < -0.4 is 0 Å². The van der Waals surface area contributed by atoms with Crippen molar-refractivity contribution in [2.24, 2.45) is 7.05 Å². The molecular weight excluding hydrogens is 196 g/mol. The van der Waals surface area contributed by atoms with Crippen molar-refractivity contribution in [1.82, 2.24) is 9.78 Å². The molecule has 0 atom stereocenters. The Morgan fingerprint density at radius 3 is 2.56 bits per heavy atom. The lowest BCUT2D eigenvalue weighted by molar-refractivity contribution is 0.642. The normalized spacial score (nSPS) is 11.6. The van der Waals surface area contributed by atoms with Crippen LogP contribution >= 0.6 is 0 Å². The molecule has 0 aliphatic rings. The second-order valence-corrected chi connectivity index (χ2v) is 4.50. The molecule has 1 aromatic carbocycles. The Hall–Kier alpha value is -1.31. The average molecular weight is 216 g/mol. The minimum Gasteiger partial charge on any atom is -0.272 e. The molecule has 1 aromatic heterocycles. The minimum absolute atomic E-state index is 0.673. The predicted molar refractivity (Wildman–Crippen MR) is 68.8 cm³/mol. The van der Waals surface area contributed by atoms with E-state index in [2.05, 4.69) is 44.1 Å². The maximum atomic E-state index is 4.54. The van der Waals surface area contributed by atoms with Crippen molar-refractivity contribution in [1.29, 1.82) is 0 Å². The maximum absolute atomic E-state index is 4.54. The van der Waals surface area contributed by atoms with Gasteiger partial charge in [-0.1, -0.05) is 26.0 Å². The number of aryl methyl sites for hydroxylation is 2. The number of hydrogen-bond acceptors (Lipinski definition) is 1. The third kappa shape index (κ3) is 1.73. The number of hydrogen-bond donors (Lipinski definition) is 0. The van der Waals surface area contributed by atoms with E-state index in [4.69, 9.17) is 0 Å². The third-order valence-corrected chi connectivity index (χ3v) is 3.61. The van der Waals surface area contributed by atoms with Gasteiger partial charge >= 0.3 is 0 Å². The maximum Gasteiger partial charge on any atom is 0.0928 e. The summed E-state index contributed by atoms with van der Waals surface area (Å²) in [5.74, 6) is 0.673. The topological polar surface area (TPSA) is 17.8 Å². The lowest BCUT2D eigenvalue weighted by atomic mass is 9.93. The number of aromatic nitrogens is 2. The first kappa shape index (κ1) is 11.2. The van der Waals surface area contributed by atoms with Crippen LogP contribution in [0, 0.1) is 6.92 Å². The van der Waals surface area contributed by atoms with E-state index in [0.29, 0.717) is 5.92 Å². The molecule has 0 unspecified atom stereocenters. The Kier molecular flexibility index (Phi) is 2.99. The summed E-state index contributed by atoms with van der Waals surface area (Å²) in [6.07, 6.45) is 2.40. The zero-order chi connectivity index (χ0) is 11.7. The van der Waals surface area contributed by atoms with Crippen molar-refractivity contribution in [2.75, 3.05) is 0 Å². The molecular formula is C14H20N2. The van der Waals surface area contributed by atoms with Crippen LogP contribution in [0.2, 0.25) is 0 Å². The van der Waals surface area contributed by atoms with E-state index in [1.807, 2.05) is 11.7 Å². The van der Waals surface area contributed by atoms with Crippen LogP contribution in [0.5, 0.6) is 0 Å². The summed E-state index contributed by atoms with van der Waals surface area (Å²) in [6.45, 7) is 6.62. The quantitative estimate of drug-likeness (QED) is 0.763.